The van der Waals surface area contributed by atoms with Gasteiger partial charge in [-0.15, -0.1) is 0 Å². The minimum absolute atomic E-state index is 0.155. The lowest BCUT2D eigenvalue weighted by Crippen LogP contribution is -2.81. The number of ether oxygens (including phenoxy) is 4. The smallest absolute Gasteiger partial charge is 0.394 e. The zero-order valence-corrected chi connectivity index (χ0v) is 41.2. The molecule has 3 fully saturated rings. The zero-order valence-electron chi connectivity index (χ0n) is 39.5. The number of fused-ring (bicyclic) bond motifs is 6. The second-order valence-electron chi connectivity index (χ2n) is 19.0. The second kappa shape index (κ2) is 18.9. The highest BCUT2D eigenvalue weighted by molar-refractivity contribution is 7.80. The summed E-state index contributed by atoms with van der Waals surface area (Å²) in [5.41, 5.74) is -3.15. The molecule has 6 heterocycles. The first-order valence-corrected chi connectivity index (χ1v) is 25.5. The number of hydrogen-bond acceptors (Lipinski definition) is 16. The molecule has 1 aliphatic carbocycles. The van der Waals surface area contributed by atoms with E-state index in [-0.39, 0.29) is 12.3 Å². The van der Waals surface area contributed by atoms with Crippen molar-refractivity contribution >= 4 is 61.7 Å². The van der Waals surface area contributed by atoms with E-state index in [1.54, 1.807) is 6.07 Å². The van der Waals surface area contributed by atoms with Crippen molar-refractivity contribution < 1.29 is 83.4 Å². The van der Waals surface area contributed by atoms with Gasteiger partial charge < -0.3 is 39.0 Å². The number of aromatic amines is 1. The molecule has 5 aliphatic heterocycles. The minimum atomic E-state index is -4.67. The van der Waals surface area contributed by atoms with Crippen LogP contribution < -0.4 is 9.64 Å². The first-order valence-electron chi connectivity index (χ1n) is 22.7. The molecule has 70 heavy (non-hydrogen) atoms. The van der Waals surface area contributed by atoms with Crippen LogP contribution in [-0.4, -0.2) is 168 Å². The standard InChI is InChI=1S/C46H56N4O10.2H2O4S/c1-7-42(55)22-28-23-45(40(53)58-5,36-30(14-18-48(24-28)25-42)29-12-9-10-13-33(29)47-36)32-20-31-34(21-35(32)57-4)50(26-51)38-44(31)16-19-49-17-11-15-43(8-2,37(44)49)39(60-27(3)52)46(38,56)41(54)59-6;2*1-5(2,3)4/h9-13,15,20-21,26,28,37-39,47,55-56H,7-8,14,16-19,22-25H2,1-6H3;2*(H2,1,2,3,4)/t28-,37+,38-,39-,42+,43-,44-,45+,46+;;/m1../s1. The molecular formula is C46H60N4O18S2. The van der Waals surface area contributed by atoms with Gasteiger partial charge in [-0.1, -0.05) is 44.2 Å². The van der Waals surface area contributed by atoms with Gasteiger partial charge in [-0.2, -0.15) is 16.8 Å². The lowest BCUT2D eigenvalue weighted by molar-refractivity contribution is -0.228. The number of aromatic nitrogens is 1. The normalized spacial score (nSPS) is 32.9. The van der Waals surface area contributed by atoms with Crippen LogP contribution in [0.25, 0.3) is 10.9 Å². The zero-order chi connectivity index (χ0) is 51.6. The molecule has 1 spiro atoms. The number of aliphatic hydroxyl groups is 2. The highest BCUT2D eigenvalue weighted by Crippen LogP contribution is 2.68. The van der Waals surface area contributed by atoms with Crippen molar-refractivity contribution in [1.82, 2.24) is 14.8 Å². The maximum atomic E-state index is 15.3. The number of amides is 1. The fraction of sp³-hybridized carbons (Fsp3) is 0.565. The fourth-order valence-corrected chi connectivity index (χ4v) is 13.4. The Morgan fingerprint density at radius 1 is 0.886 bits per heavy atom. The number of esters is 3. The van der Waals surface area contributed by atoms with Crippen molar-refractivity contribution in [3.8, 4) is 5.75 Å². The first kappa shape index (κ1) is 52.8. The molecule has 2 aromatic carbocycles. The van der Waals surface area contributed by atoms with Crippen LogP contribution in [0.4, 0.5) is 5.69 Å². The predicted octanol–water partition coefficient (Wildman–Crippen LogP) is 2.21. The summed E-state index contributed by atoms with van der Waals surface area (Å²) < 4.78 is 86.9. The van der Waals surface area contributed by atoms with E-state index >= 15 is 4.79 Å². The summed E-state index contributed by atoms with van der Waals surface area (Å²) in [6.07, 6.45) is 5.83. The largest absolute Gasteiger partial charge is 0.496 e. The van der Waals surface area contributed by atoms with Gasteiger partial charge >= 0.3 is 38.7 Å². The average molecular weight is 1020 g/mol. The maximum Gasteiger partial charge on any atom is 0.394 e. The van der Waals surface area contributed by atoms with Crippen LogP contribution >= 0.6 is 0 Å². The van der Waals surface area contributed by atoms with Crippen LogP contribution in [0.1, 0.15) is 75.3 Å². The Bertz CT molecular complexity index is 2780. The van der Waals surface area contributed by atoms with Crippen molar-refractivity contribution in [2.24, 2.45) is 11.3 Å². The number of benzene rings is 2. The maximum absolute atomic E-state index is 15.3. The Balaban J connectivity index is 0.000000658. The molecule has 1 unspecified atom stereocenters. The summed E-state index contributed by atoms with van der Waals surface area (Å²) in [5.74, 6) is -2.06. The van der Waals surface area contributed by atoms with Gasteiger partial charge in [0.1, 0.15) is 11.2 Å². The number of carbonyl (C=O) groups excluding carboxylic acids is 4. The molecule has 2 saturated heterocycles. The SMILES string of the molecule is CC[C@]1(O)C[C@H]2CN(CCc3c([nH]c4ccccc34)[C@@](C(=O)OC)(c3cc4c(cc3OC)N(C=O)[C@H]3[C@@](O)(C(=O)OC)[C@H](OC(C)=O)[C@]5(CC)C=CCN6CC[C@]43[C@@H]65)C2)C1.O=S(=O)(O)O.O=S(=O)(O)O. The van der Waals surface area contributed by atoms with E-state index in [9.17, 15) is 24.6 Å². The van der Waals surface area contributed by atoms with Gasteiger partial charge in [0.25, 0.3) is 0 Å². The van der Waals surface area contributed by atoms with Crippen LogP contribution in [-0.2, 0) is 71.4 Å². The summed E-state index contributed by atoms with van der Waals surface area (Å²) in [5, 5.41) is 26.3. The molecule has 22 nitrogen and oxygen atoms in total. The van der Waals surface area contributed by atoms with Crippen LogP contribution in [0.15, 0.2) is 48.6 Å². The van der Waals surface area contributed by atoms with Crippen LogP contribution in [0.5, 0.6) is 5.75 Å². The highest BCUT2D eigenvalue weighted by atomic mass is 32.3. The number of hydrogen-bond donors (Lipinski definition) is 7. The lowest BCUT2D eigenvalue weighted by Gasteiger charge is -2.63. The topological polar surface area (TPSA) is 320 Å². The molecule has 3 aromatic rings. The molecule has 1 amide bonds. The van der Waals surface area contributed by atoms with E-state index in [1.165, 1.54) is 33.2 Å². The number of piperidine rings is 1. The molecule has 1 saturated carbocycles. The number of para-hydroxylation sites is 1. The summed E-state index contributed by atoms with van der Waals surface area (Å²) in [4.78, 5) is 66.1. The third-order valence-electron chi connectivity index (χ3n) is 15.5. The van der Waals surface area contributed by atoms with Crippen LogP contribution in [0, 0.1) is 11.3 Å². The van der Waals surface area contributed by atoms with Gasteiger partial charge in [0.15, 0.2) is 6.10 Å². The molecule has 7 N–H and O–H groups in total. The highest BCUT2D eigenvalue weighted by Gasteiger charge is 2.81. The predicted molar refractivity (Wildman–Crippen MR) is 249 cm³/mol. The summed E-state index contributed by atoms with van der Waals surface area (Å²) in [6, 6.07) is 9.97. The fourth-order valence-electron chi connectivity index (χ4n) is 13.4. The van der Waals surface area contributed by atoms with Crippen LogP contribution in [0.2, 0.25) is 0 Å². The molecular weight excluding hydrogens is 961 g/mol. The van der Waals surface area contributed by atoms with E-state index < -0.39 is 84.3 Å². The Morgan fingerprint density at radius 2 is 1.54 bits per heavy atom. The Morgan fingerprint density at radius 3 is 2.13 bits per heavy atom. The first-order chi connectivity index (χ1) is 32.8. The van der Waals surface area contributed by atoms with Gasteiger partial charge in [-0.3, -0.25) is 42.4 Å². The monoisotopic (exact) mass is 1020 g/mol. The number of H-pyrrole nitrogens is 1. The summed E-state index contributed by atoms with van der Waals surface area (Å²) in [7, 11) is -5.24. The number of methoxy groups -OCH3 is 3. The number of carbonyl (C=O) groups is 4. The average Bonchev–Trinajstić information content (AvgIpc) is 3.97. The lowest BCUT2D eigenvalue weighted by atomic mass is 9.47. The van der Waals surface area contributed by atoms with Crippen LogP contribution in [0.3, 0.4) is 0 Å². The minimum Gasteiger partial charge on any atom is -0.496 e. The summed E-state index contributed by atoms with van der Waals surface area (Å²) >= 11 is 0. The van der Waals surface area contributed by atoms with E-state index in [0.29, 0.717) is 99.5 Å². The van der Waals surface area contributed by atoms with Crippen molar-refractivity contribution in [3.05, 3.63) is 70.9 Å². The molecule has 24 heteroatoms. The summed E-state index contributed by atoms with van der Waals surface area (Å²) in [6.45, 7) is 8.16. The second-order valence-corrected chi connectivity index (χ2v) is 20.8. The molecule has 6 aliphatic rings. The van der Waals surface area contributed by atoms with Crippen molar-refractivity contribution in [2.45, 2.75) is 99.5 Å². The molecule has 9 rings (SSSR count). The Labute approximate surface area is 405 Å². The van der Waals surface area contributed by atoms with Gasteiger partial charge in [0.2, 0.25) is 12.0 Å². The van der Waals surface area contributed by atoms with Gasteiger partial charge in [0, 0.05) is 78.2 Å². The number of nitrogens with one attached hydrogen (secondary N) is 1. The number of nitrogens with zero attached hydrogens (tertiary/aromatic N) is 3. The number of rotatable bonds is 8. The third-order valence-corrected chi connectivity index (χ3v) is 15.5. The van der Waals surface area contributed by atoms with Crippen molar-refractivity contribution in [3.63, 3.8) is 0 Å². The molecule has 10 atom stereocenters. The van der Waals surface area contributed by atoms with E-state index in [2.05, 4.69) is 20.9 Å². The van der Waals surface area contributed by atoms with E-state index in [4.69, 9.17) is 54.0 Å². The van der Waals surface area contributed by atoms with Crippen molar-refractivity contribution in [1.29, 1.82) is 0 Å². The van der Waals surface area contributed by atoms with E-state index in [0.717, 1.165) is 16.5 Å². The molecule has 1 aromatic heterocycles. The van der Waals surface area contributed by atoms with Gasteiger partial charge in [-0.25, -0.2) is 4.79 Å². The molecule has 0 radical (unpaired) electrons. The molecule has 384 valence electrons. The van der Waals surface area contributed by atoms with E-state index in [1.807, 2.05) is 50.3 Å². The Kier molecular flexibility index (Phi) is 14.2. The quantitative estimate of drug-likeness (QED) is 0.0559. The number of anilines is 1. The van der Waals surface area contributed by atoms with Gasteiger partial charge in [0.05, 0.1) is 38.7 Å². The third kappa shape index (κ3) is 8.68. The van der Waals surface area contributed by atoms with Crippen molar-refractivity contribution in [2.75, 3.05) is 59.0 Å². The molecule has 2 bridgehead atoms. The van der Waals surface area contributed by atoms with Gasteiger partial charge in [-0.05, 0) is 74.2 Å². The Hall–Kier alpha value is -5.02.